The fourth-order valence-corrected chi connectivity index (χ4v) is 3.92. The van der Waals surface area contributed by atoms with Gasteiger partial charge >= 0.3 is 5.97 Å². The zero-order valence-corrected chi connectivity index (χ0v) is 14.9. The van der Waals surface area contributed by atoms with Crippen molar-refractivity contribution in [3.8, 4) is 0 Å². The molecule has 25 heavy (non-hydrogen) atoms. The molecule has 2 aromatic rings. The summed E-state index contributed by atoms with van der Waals surface area (Å²) in [4.78, 5) is 30.7. The molecule has 0 bridgehead atoms. The van der Waals surface area contributed by atoms with Crippen molar-refractivity contribution in [2.45, 2.75) is 39.2 Å². The Balaban J connectivity index is 1.52. The summed E-state index contributed by atoms with van der Waals surface area (Å²) in [5.41, 5.74) is 2.77. The summed E-state index contributed by atoms with van der Waals surface area (Å²) in [6.45, 7) is 4.02. The zero-order valence-electron chi connectivity index (χ0n) is 14.1. The van der Waals surface area contributed by atoms with Gasteiger partial charge in [0.15, 0.2) is 5.69 Å². The van der Waals surface area contributed by atoms with Crippen LogP contribution in [0.25, 0.3) is 0 Å². The third-order valence-electron chi connectivity index (χ3n) is 4.49. The van der Waals surface area contributed by atoms with Crippen LogP contribution >= 0.6 is 11.3 Å². The van der Waals surface area contributed by atoms with E-state index in [4.69, 9.17) is 5.11 Å². The molecule has 0 aromatic carbocycles. The average Bonchev–Trinajstić information content (AvgIpc) is 3.22. The molecular weight excluding hydrogens is 342 g/mol. The highest BCUT2D eigenvalue weighted by Gasteiger charge is 2.24. The number of nitrogens with zero attached hydrogens (tertiary/aromatic N) is 5. The molecule has 0 aliphatic carbocycles. The van der Waals surface area contributed by atoms with Gasteiger partial charge in [0.2, 0.25) is 5.91 Å². The SMILES string of the molecule is Cc1ncsc1CCC(=O)N1CCCC(Cn2cc(C(=O)O)nn2)C1. The van der Waals surface area contributed by atoms with E-state index in [1.165, 1.54) is 11.1 Å². The highest BCUT2D eigenvalue weighted by molar-refractivity contribution is 7.09. The van der Waals surface area contributed by atoms with Gasteiger partial charge in [0.25, 0.3) is 0 Å². The maximum absolute atomic E-state index is 12.5. The number of hydrogen-bond acceptors (Lipinski definition) is 6. The van der Waals surface area contributed by atoms with Crippen LogP contribution in [0, 0.1) is 12.8 Å². The molecule has 1 amide bonds. The highest BCUT2D eigenvalue weighted by Crippen LogP contribution is 2.20. The number of carboxylic acids is 1. The van der Waals surface area contributed by atoms with Crippen LogP contribution in [0.1, 0.15) is 40.3 Å². The number of likely N-dealkylation sites (tertiary alicyclic amines) is 1. The summed E-state index contributed by atoms with van der Waals surface area (Å²) in [5.74, 6) is -0.640. The number of piperidine rings is 1. The van der Waals surface area contributed by atoms with Gasteiger partial charge in [0.1, 0.15) is 0 Å². The summed E-state index contributed by atoms with van der Waals surface area (Å²) in [6, 6.07) is 0. The molecule has 3 heterocycles. The number of rotatable bonds is 6. The predicted molar refractivity (Wildman–Crippen MR) is 91.5 cm³/mol. The molecule has 1 aliphatic heterocycles. The Morgan fingerprint density at radius 3 is 2.96 bits per heavy atom. The van der Waals surface area contributed by atoms with Crippen molar-refractivity contribution in [3.05, 3.63) is 28.0 Å². The van der Waals surface area contributed by atoms with Crippen molar-refractivity contribution in [2.24, 2.45) is 5.92 Å². The molecule has 8 nitrogen and oxygen atoms in total. The molecule has 134 valence electrons. The van der Waals surface area contributed by atoms with Crippen LogP contribution in [0.2, 0.25) is 0 Å². The van der Waals surface area contributed by atoms with E-state index in [0.717, 1.165) is 31.5 Å². The zero-order chi connectivity index (χ0) is 17.8. The summed E-state index contributed by atoms with van der Waals surface area (Å²) in [7, 11) is 0. The first kappa shape index (κ1) is 17.5. The van der Waals surface area contributed by atoms with E-state index in [-0.39, 0.29) is 17.5 Å². The van der Waals surface area contributed by atoms with Crippen molar-refractivity contribution in [1.82, 2.24) is 24.9 Å². The van der Waals surface area contributed by atoms with E-state index >= 15 is 0 Å². The minimum atomic E-state index is -1.08. The van der Waals surface area contributed by atoms with E-state index in [2.05, 4.69) is 15.3 Å². The topological polar surface area (TPSA) is 101 Å². The van der Waals surface area contributed by atoms with Crippen LogP contribution < -0.4 is 0 Å². The second-order valence-electron chi connectivity index (χ2n) is 6.34. The first-order chi connectivity index (χ1) is 12.0. The number of amides is 1. The Kier molecular flexibility index (Phi) is 5.42. The third kappa shape index (κ3) is 4.41. The quantitative estimate of drug-likeness (QED) is 0.837. The largest absolute Gasteiger partial charge is 0.476 e. The first-order valence-corrected chi connectivity index (χ1v) is 9.21. The lowest BCUT2D eigenvalue weighted by atomic mass is 9.97. The smallest absolute Gasteiger partial charge is 0.358 e. The fraction of sp³-hybridized carbons (Fsp3) is 0.562. The minimum absolute atomic E-state index is 0.0522. The van der Waals surface area contributed by atoms with Crippen molar-refractivity contribution >= 4 is 23.2 Å². The van der Waals surface area contributed by atoms with Crippen LogP contribution in [0.3, 0.4) is 0 Å². The molecule has 1 aliphatic rings. The van der Waals surface area contributed by atoms with Crippen molar-refractivity contribution in [3.63, 3.8) is 0 Å². The number of carbonyl (C=O) groups is 2. The van der Waals surface area contributed by atoms with Gasteiger partial charge in [0.05, 0.1) is 17.4 Å². The molecule has 1 N–H and O–H groups in total. The molecule has 0 spiro atoms. The van der Waals surface area contributed by atoms with Crippen LogP contribution in [0.4, 0.5) is 0 Å². The summed E-state index contributed by atoms with van der Waals surface area (Å²) in [6.07, 6.45) is 4.63. The Morgan fingerprint density at radius 2 is 2.28 bits per heavy atom. The van der Waals surface area contributed by atoms with Gasteiger partial charge in [0, 0.05) is 30.9 Å². The van der Waals surface area contributed by atoms with Crippen LogP contribution in [0.5, 0.6) is 0 Å². The summed E-state index contributed by atoms with van der Waals surface area (Å²) in [5, 5.41) is 16.4. The molecule has 1 fully saturated rings. The maximum atomic E-state index is 12.5. The third-order valence-corrected chi connectivity index (χ3v) is 5.48. The average molecular weight is 363 g/mol. The number of carboxylic acid groups (broad SMARTS) is 1. The van der Waals surface area contributed by atoms with E-state index < -0.39 is 5.97 Å². The van der Waals surface area contributed by atoms with Crippen molar-refractivity contribution < 1.29 is 14.7 Å². The summed E-state index contributed by atoms with van der Waals surface area (Å²) < 4.78 is 1.56. The Hall–Kier alpha value is -2.29. The normalized spacial score (nSPS) is 17.6. The molecule has 2 aromatic heterocycles. The van der Waals surface area contributed by atoms with Gasteiger partial charge in [-0.2, -0.15) is 0 Å². The highest BCUT2D eigenvalue weighted by atomic mass is 32.1. The molecule has 1 unspecified atom stereocenters. The second kappa shape index (κ2) is 7.73. The van der Waals surface area contributed by atoms with Gasteiger partial charge in [-0.3, -0.25) is 9.48 Å². The predicted octanol–water partition coefficient (Wildman–Crippen LogP) is 1.61. The van der Waals surface area contributed by atoms with E-state index in [1.807, 2.05) is 17.3 Å². The van der Waals surface area contributed by atoms with E-state index in [0.29, 0.717) is 19.5 Å². The second-order valence-corrected chi connectivity index (χ2v) is 7.28. The Morgan fingerprint density at radius 1 is 1.44 bits per heavy atom. The molecule has 0 radical (unpaired) electrons. The molecule has 1 saturated heterocycles. The lowest BCUT2D eigenvalue weighted by molar-refractivity contribution is -0.133. The van der Waals surface area contributed by atoms with Crippen LogP contribution in [0.15, 0.2) is 11.7 Å². The van der Waals surface area contributed by atoms with Crippen LogP contribution in [-0.4, -0.2) is 55.0 Å². The molecule has 3 rings (SSSR count). The minimum Gasteiger partial charge on any atom is -0.476 e. The number of hydrogen-bond donors (Lipinski definition) is 1. The number of aryl methyl sites for hydroxylation is 2. The summed E-state index contributed by atoms with van der Waals surface area (Å²) >= 11 is 1.60. The number of carbonyl (C=O) groups excluding carboxylic acids is 1. The van der Waals surface area contributed by atoms with Crippen molar-refractivity contribution in [2.75, 3.05) is 13.1 Å². The van der Waals surface area contributed by atoms with E-state index in [1.54, 1.807) is 16.0 Å². The van der Waals surface area contributed by atoms with E-state index in [9.17, 15) is 9.59 Å². The molecule has 1 atom stereocenters. The lowest BCUT2D eigenvalue weighted by Gasteiger charge is -2.32. The maximum Gasteiger partial charge on any atom is 0.358 e. The number of aromatic nitrogens is 4. The molecule has 0 saturated carbocycles. The molecule has 9 heteroatoms. The fourth-order valence-electron chi connectivity index (χ4n) is 3.14. The van der Waals surface area contributed by atoms with Gasteiger partial charge in [-0.25, -0.2) is 9.78 Å². The standard InChI is InChI=1S/C16H21N5O3S/c1-11-14(25-10-17-11)4-5-15(22)20-6-2-3-12(7-20)8-21-9-13(16(23)24)18-19-21/h9-10,12H,2-8H2,1H3,(H,23,24). The first-order valence-electron chi connectivity index (χ1n) is 8.33. The number of aromatic carboxylic acids is 1. The van der Waals surface area contributed by atoms with Gasteiger partial charge in [-0.05, 0) is 32.1 Å². The Labute approximate surface area is 149 Å². The monoisotopic (exact) mass is 363 g/mol. The van der Waals surface area contributed by atoms with Gasteiger partial charge in [-0.15, -0.1) is 16.4 Å². The van der Waals surface area contributed by atoms with Crippen molar-refractivity contribution in [1.29, 1.82) is 0 Å². The molecular formula is C16H21N5O3S. The van der Waals surface area contributed by atoms with Gasteiger partial charge in [-0.1, -0.05) is 5.21 Å². The Bertz CT molecular complexity index is 757. The lowest BCUT2D eigenvalue weighted by Crippen LogP contribution is -2.41. The van der Waals surface area contributed by atoms with Gasteiger partial charge < -0.3 is 10.0 Å². The number of thiazole rings is 1. The van der Waals surface area contributed by atoms with Crippen LogP contribution in [-0.2, 0) is 17.8 Å².